The molecule has 0 radical (unpaired) electrons. The Morgan fingerprint density at radius 2 is 1.95 bits per heavy atom. The van der Waals surface area contributed by atoms with E-state index in [2.05, 4.69) is 5.48 Å². The van der Waals surface area contributed by atoms with Gasteiger partial charge >= 0.3 is 0 Å². The molecule has 104 valence electrons. The topological polar surface area (TPSA) is 47.6 Å². The molecular formula is C15H21NO3. The molecule has 4 nitrogen and oxygen atoms in total. The lowest BCUT2D eigenvalue weighted by Gasteiger charge is -2.14. The Balaban J connectivity index is 2.26. The van der Waals surface area contributed by atoms with E-state index in [0.29, 0.717) is 12.5 Å². The maximum absolute atomic E-state index is 11.5. The summed E-state index contributed by atoms with van der Waals surface area (Å²) in [5.41, 5.74) is 3.29. The van der Waals surface area contributed by atoms with Gasteiger partial charge in [0.1, 0.15) is 0 Å². The van der Waals surface area contributed by atoms with E-state index in [1.54, 1.807) is 13.0 Å². The van der Waals surface area contributed by atoms with Gasteiger partial charge in [-0.2, -0.15) is 0 Å². The van der Waals surface area contributed by atoms with Gasteiger partial charge in [0.15, 0.2) is 6.29 Å². The summed E-state index contributed by atoms with van der Waals surface area (Å²) < 4.78 is 5.36. The third kappa shape index (κ3) is 7.39. The summed E-state index contributed by atoms with van der Waals surface area (Å²) in [4.78, 5) is 16.6. The SMILES string of the molecule is CC(C)COC(C)ONC(=O)/C=C/c1ccccc1. The van der Waals surface area contributed by atoms with Crippen molar-refractivity contribution in [2.24, 2.45) is 5.92 Å². The number of carbonyl (C=O) groups excluding carboxylic acids is 1. The van der Waals surface area contributed by atoms with Crippen LogP contribution in [-0.4, -0.2) is 18.8 Å². The molecule has 0 fully saturated rings. The Morgan fingerprint density at radius 1 is 1.26 bits per heavy atom. The van der Waals surface area contributed by atoms with Crippen LogP contribution in [0.25, 0.3) is 6.08 Å². The zero-order chi connectivity index (χ0) is 14.1. The first-order valence-corrected chi connectivity index (χ1v) is 6.38. The number of benzene rings is 1. The number of hydroxylamine groups is 1. The molecule has 0 bridgehead atoms. The van der Waals surface area contributed by atoms with Crippen LogP contribution in [-0.2, 0) is 14.4 Å². The minimum Gasteiger partial charge on any atom is -0.350 e. The number of ether oxygens (including phenoxy) is 1. The smallest absolute Gasteiger partial charge is 0.267 e. The van der Waals surface area contributed by atoms with Crippen molar-refractivity contribution in [1.82, 2.24) is 5.48 Å². The highest BCUT2D eigenvalue weighted by Gasteiger charge is 2.05. The van der Waals surface area contributed by atoms with Crippen LogP contribution < -0.4 is 5.48 Å². The molecule has 0 aliphatic heterocycles. The molecule has 1 aromatic carbocycles. The van der Waals surface area contributed by atoms with Crippen molar-refractivity contribution in [2.45, 2.75) is 27.1 Å². The fraction of sp³-hybridized carbons (Fsp3) is 0.400. The molecule has 4 heteroatoms. The lowest BCUT2D eigenvalue weighted by molar-refractivity contribution is -0.180. The summed E-state index contributed by atoms with van der Waals surface area (Å²) in [5.74, 6) is 0.114. The molecular weight excluding hydrogens is 242 g/mol. The van der Waals surface area contributed by atoms with Crippen LogP contribution in [0.3, 0.4) is 0 Å². The van der Waals surface area contributed by atoms with Crippen molar-refractivity contribution in [2.75, 3.05) is 6.61 Å². The van der Waals surface area contributed by atoms with E-state index < -0.39 is 6.29 Å². The average Bonchev–Trinajstić information content (AvgIpc) is 2.41. The minimum absolute atomic E-state index is 0.316. The van der Waals surface area contributed by atoms with Crippen molar-refractivity contribution in [3.8, 4) is 0 Å². The Morgan fingerprint density at radius 3 is 2.58 bits per heavy atom. The largest absolute Gasteiger partial charge is 0.350 e. The number of hydrogen-bond acceptors (Lipinski definition) is 3. The standard InChI is InChI=1S/C15H21NO3/c1-12(2)11-18-13(3)19-16-15(17)10-9-14-7-5-4-6-8-14/h4-10,12-13H,11H2,1-3H3,(H,16,17)/b10-9+. The summed E-state index contributed by atoms with van der Waals surface area (Å²) in [6, 6.07) is 9.58. The summed E-state index contributed by atoms with van der Waals surface area (Å²) in [6.07, 6.45) is 2.68. The first kappa shape index (κ1) is 15.4. The maximum atomic E-state index is 11.5. The molecule has 0 aromatic heterocycles. The van der Waals surface area contributed by atoms with Gasteiger partial charge in [-0.15, -0.1) is 0 Å². The second-order valence-corrected chi connectivity index (χ2v) is 4.62. The first-order valence-electron chi connectivity index (χ1n) is 6.38. The Kier molecular flexibility index (Phi) is 6.85. The lowest BCUT2D eigenvalue weighted by Crippen LogP contribution is -2.29. The van der Waals surface area contributed by atoms with Gasteiger partial charge in [-0.25, -0.2) is 10.3 Å². The second-order valence-electron chi connectivity index (χ2n) is 4.62. The Hall–Kier alpha value is -1.65. The molecule has 0 aliphatic carbocycles. The predicted molar refractivity (Wildman–Crippen MR) is 75.0 cm³/mol. The second kappa shape index (κ2) is 8.45. The first-order chi connectivity index (χ1) is 9.08. The van der Waals surface area contributed by atoms with E-state index in [4.69, 9.17) is 9.57 Å². The molecule has 0 aliphatic rings. The molecule has 1 aromatic rings. The number of rotatable bonds is 7. The molecule has 0 spiro atoms. The van der Waals surface area contributed by atoms with Crippen molar-refractivity contribution in [1.29, 1.82) is 0 Å². The summed E-state index contributed by atoms with van der Waals surface area (Å²) in [7, 11) is 0. The summed E-state index contributed by atoms with van der Waals surface area (Å²) in [6.45, 7) is 6.43. The van der Waals surface area contributed by atoms with Gasteiger partial charge in [0.25, 0.3) is 5.91 Å². The van der Waals surface area contributed by atoms with Gasteiger partial charge < -0.3 is 4.74 Å². The van der Waals surface area contributed by atoms with E-state index in [1.807, 2.05) is 44.2 Å². The average molecular weight is 263 g/mol. The predicted octanol–water partition coefficient (Wildman–Crippen LogP) is 2.77. The van der Waals surface area contributed by atoms with E-state index in [1.165, 1.54) is 6.08 Å². The van der Waals surface area contributed by atoms with Gasteiger partial charge in [-0.1, -0.05) is 44.2 Å². The van der Waals surface area contributed by atoms with Crippen molar-refractivity contribution in [3.05, 3.63) is 42.0 Å². The molecule has 1 atom stereocenters. The molecule has 0 heterocycles. The van der Waals surface area contributed by atoms with Gasteiger partial charge in [-0.05, 0) is 24.5 Å². The molecule has 0 saturated heterocycles. The molecule has 19 heavy (non-hydrogen) atoms. The van der Waals surface area contributed by atoms with Crippen LogP contribution in [0.4, 0.5) is 0 Å². The monoisotopic (exact) mass is 263 g/mol. The fourth-order valence-electron chi connectivity index (χ4n) is 1.27. The zero-order valence-electron chi connectivity index (χ0n) is 11.6. The summed E-state index contributed by atoms with van der Waals surface area (Å²) >= 11 is 0. The van der Waals surface area contributed by atoms with E-state index in [9.17, 15) is 4.79 Å². The normalized spacial score (nSPS) is 12.8. The fourth-order valence-corrected chi connectivity index (χ4v) is 1.27. The quantitative estimate of drug-likeness (QED) is 0.467. The highest BCUT2D eigenvalue weighted by molar-refractivity contribution is 5.90. The number of amides is 1. The zero-order valence-corrected chi connectivity index (χ0v) is 11.6. The van der Waals surface area contributed by atoms with Crippen LogP contribution >= 0.6 is 0 Å². The van der Waals surface area contributed by atoms with Gasteiger partial charge in [0.05, 0.1) is 6.61 Å². The molecule has 1 rings (SSSR count). The van der Waals surface area contributed by atoms with Crippen LogP contribution in [0.1, 0.15) is 26.3 Å². The highest BCUT2D eigenvalue weighted by Crippen LogP contribution is 2.01. The minimum atomic E-state index is -0.462. The highest BCUT2D eigenvalue weighted by atomic mass is 16.8. The Labute approximate surface area is 114 Å². The van der Waals surface area contributed by atoms with Gasteiger partial charge in [0.2, 0.25) is 0 Å². The van der Waals surface area contributed by atoms with Crippen LogP contribution in [0.15, 0.2) is 36.4 Å². The Bertz CT molecular complexity index is 401. The number of nitrogens with one attached hydrogen (secondary N) is 1. The third-order valence-electron chi connectivity index (χ3n) is 2.22. The van der Waals surface area contributed by atoms with E-state index >= 15 is 0 Å². The molecule has 1 amide bonds. The van der Waals surface area contributed by atoms with Crippen LogP contribution in [0, 0.1) is 5.92 Å². The number of carbonyl (C=O) groups is 1. The number of hydrogen-bond donors (Lipinski definition) is 1. The van der Waals surface area contributed by atoms with Crippen molar-refractivity contribution < 1.29 is 14.4 Å². The van der Waals surface area contributed by atoms with Crippen molar-refractivity contribution >= 4 is 12.0 Å². The maximum Gasteiger partial charge on any atom is 0.267 e. The van der Waals surface area contributed by atoms with Crippen molar-refractivity contribution in [3.63, 3.8) is 0 Å². The van der Waals surface area contributed by atoms with Gasteiger partial charge in [0, 0.05) is 6.08 Å². The summed E-state index contributed by atoms with van der Waals surface area (Å²) in [5, 5.41) is 0. The van der Waals surface area contributed by atoms with Gasteiger partial charge in [-0.3, -0.25) is 4.79 Å². The molecule has 1 unspecified atom stereocenters. The molecule has 1 N–H and O–H groups in total. The van der Waals surface area contributed by atoms with Crippen LogP contribution in [0.2, 0.25) is 0 Å². The third-order valence-corrected chi connectivity index (χ3v) is 2.22. The molecule has 0 saturated carbocycles. The lowest BCUT2D eigenvalue weighted by atomic mass is 10.2. The van der Waals surface area contributed by atoms with E-state index in [-0.39, 0.29) is 5.91 Å². The van der Waals surface area contributed by atoms with Crippen LogP contribution in [0.5, 0.6) is 0 Å². The van der Waals surface area contributed by atoms with E-state index in [0.717, 1.165) is 5.56 Å².